The third-order valence-corrected chi connectivity index (χ3v) is 7.16. The first kappa shape index (κ1) is 23.6. The largest absolute Gasteiger partial charge is 0.447 e. The third kappa shape index (κ3) is 5.11. The lowest BCUT2D eigenvalue weighted by molar-refractivity contribution is -0.121. The Morgan fingerprint density at radius 2 is 1.77 bits per heavy atom. The van der Waals surface area contributed by atoms with E-state index in [-0.39, 0.29) is 23.3 Å². The van der Waals surface area contributed by atoms with Gasteiger partial charge in [-0.1, -0.05) is 11.6 Å². The molecule has 184 valence electrons. The van der Waals surface area contributed by atoms with Crippen LogP contribution >= 0.6 is 11.6 Å². The van der Waals surface area contributed by atoms with Crippen LogP contribution in [0, 0.1) is 5.92 Å². The molecule has 0 spiro atoms. The average Bonchev–Trinajstić information content (AvgIpc) is 3.54. The van der Waals surface area contributed by atoms with Crippen LogP contribution in [-0.2, 0) is 4.79 Å². The number of nitrogens with zero attached hydrogens (tertiary/aromatic N) is 3. The van der Waals surface area contributed by atoms with Crippen molar-refractivity contribution in [1.29, 1.82) is 0 Å². The van der Waals surface area contributed by atoms with Crippen molar-refractivity contribution in [2.24, 2.45) is 5.92 Å². The maximum absolute atomic E-state index is 13.3. The van der Waals surface area contributed by atoms with Crippen LogP contribution in [0.1, 0.15) is 49.1 Å². The van der Waals surface area contributed by atoms with Gasteiger partial charge in [0.15, 0.2) is 5.58 Å². The lowest BCUT2D eigenvalue weighted by Gasteiger charge is -2.33. The van der Waals surface area contributed by atoms with E-state index in [1.165, 1.54) is 32.1 Å². The number of hydrogen-bond donors (Lipinski definition) is 3. The number of amides is 2. The quantitative estimate of drug-likeness (QED) is 0.450. The van der Waals surface area contributed by atoms with Gasteiger partial charge in [0.25, 0.3) is 5.91 Å². The first-order valence-corrected chi connectivity index (χ1v) is 12.5. The predicted octanol–water partition coefficient (Wildman–Crippen LogP) is 4.76. The highest BCUT2D eigenvalue weighted by atomic mass is 35.5. The standard InChI is InChI=1S/C25H29ClN6O3/c1-27-19-11-9-18-21(29-19)22(23(35-18)25(34)30-20-10-6-16(26)14-28-20)31-24(33)15-4-7-17(8-5-15)32-12-2-3-13-32/h6,9-11,14-15,17H,2-5,7-8,12-13H2,1H3,(H,27,29)(H,31,33)(H,28,30,34)/t15-,17-. The molecule has 3 aromatic heterocycles. The van der Waals surface area contributed by atoms with E-state index < -0.39 is 5.91 Å². The van der Waals surface area contributed by atoms with Crippen molar-refractivity contribution < 1.29 is 14.0 Å². The Morgan fingerprint density at radius 3 is 2.46 bits per heavy atom. The van der Waals surface area contributed by atoms with Gasteiger partial charge in [-0.15, -0.1) is 0 Å². The number of aromatic nitrogens is 2. The fraction of sp³-hybridized carbons (Fsp3) is 0.440. The number of rotatable bonds is 6. The van der Waals surface area contributed by atoms with E-state index in [4.69, 9.17) is 16.0 Å². The normalized spacial score (nSPS) is 20.6. The monoisotopic (exact) mass is 496 g/mol. The van der Waals surface area contributed by atoms with Crippen LogP contribution in [0.3, 0.4) is 0 Å². The maximum atomic E-state index is 13.3. The molecule has 0 bridgehead atoms. The Hall–Kier alpha value is -3.17. The minimum absolute atomic E-state index is 0.0170. The molecule has 9 nitrogen and oxygen atoms in total. The van der Waals surface area contributed by atoms with Crippen LogP contribution < -0.4 is 16.0 Å². The van der Waals surface area contributed by atoms with Crippen LogP contribution in [0.15, 0.2) is 34.9 Å². The molecule has 2 fully saturated rings. The summed E-state index contributed by atoms with van der Waals surface area (Å²) in [6.07, 6.45) is 7.67. The smallest absolute Gasteiger partial charge is 0.294 e. The Kier molecular flexibility index (Phi) is 6.88. The molecule has 2 aliphatic rings. The van der Waals surface area contributed by atoms with Crippen molar-refractivity contribution in [3.63, 3.8) is 0 Å². The van der Waals surface area contributed by atoms with Gasteiger partial charge in [-0.3, -0.25) is 9.59 Å². The summed E-state index contributed by atoms with van der Waals surface area (Å²) >= 11 is 5.89. The number of carbonyl (C=O) groups excluding carboxylic acids is 2. The number of nitrogens with one attached hydrogen (secondary N) is 3. The van der Waals surface area contributed by atoms with Gasteiger partial charge in [0.05, 0.1) is 5.02 Å². The van der Waals surface area contributed by atoms with Crippen LogP contribution in [0.2, 0.25) is 5.02 Å². The second kappa shape index (κ2) is 10.2. The van der Waals surface area contributed by atoms with Gasteiger partial charge in [0.1, 0.15) is 22.8 Å². The molecule has 3 aromatic rings. The van der Waals surface area contributed by atoms with E-state index in [1.807, 2.05) is 0 Å². The molecule has 2 amide bonds. The second-order valence-corrected chi connectivity index (χ2v) is 9.59. The summed E-state index contributed by atoms with van der Waals surface area (Å²) in [6.45, 7) is 2.34. The first-order chi connectivity index (χ1) is 17.0. The highest BCUT2D eigenvalue weighted by Crippen LogP contribution is 2.34. The summed E-state index contributed by atoms with van der Waals surface area (Å²) in [5.74, 6) is 0.156. The molecule has 0 unspecified atom stereocenters. The van der Waals surface area contributed by atoms with Gasteiger partial charge in [-0.25, -0.2) is 9.97 Å². The van der Waals surface area contributed by atoms with Crippen molar-refractivity contribution in [1.82, 2.24) is 14.9 Å². The minimum Gasteiger partial charge on any atom is -0.447 e. The first-order valence-electron chi connectivity index (χ1n) is 12.1. The highest BCUT2D eigenvalue weighted by Gasteiger charge is 2.32. The molecule has 4 heterocycles. The fourth-order valence-electron chi connectivity index (χ4n) is 5.05. The number of fused-ring (bicyclic) bond motifs is 1. The third-order valence-electron chi connectivity index (χ3n) is 6.94. The van der Waals surface area contributed by atoms with Gasteiger partial charge in [0, 0.05) is 25.2 Å². The van der Waals surface area contributed by atoms with Gasteiger partial charge in [0.2, 0.25) is 11.7 Å². The van der Waals surface area contributed by atoms with E-state index in [1.54, 1.807) is 31.3 Å². The van der Waals surface area contributed by atoms with Crippen molar-refractivity contribution >= 4 is 51.8 Å². The average molecular weight is 497 g/mol. The summed E-state index contributed by atoms with van der Waals surface area (Å²) in [7, 11) is 1.76. The lowest BCUT2D eigenvalue weighted by atomic mass is 9.85. The van der Waals surface area contributed by atoms with Crippen LogP contribution in [0.4, 0.5) is 17.3 Å². The molecule has 0 atom stereocenters. The number of furan rings is 1. The van der Waals surface area contributed by atoms with E-state index >= 15 is 0 Å². The molecule has 0 aromatic carbocycles. The molecule has 1 saturated carbocycles. The van der Waals surface area contributed by atoms with Crippen LogP contribution in [0.25, 0.3) is 11.1 Å². The number of halogens is 1. The van der Waals surface area contributed by atoms with Crippen LogP contribution in [0.5, 0.6) is 0 Å². The Morgan fingerprint density at radius 1 is 1.03 bits per heavy atom. The van der Waals surface area contributed by atoms with Gasteiger partial charge < -0.3 is 25.3 Å². The minimum atomic E-state index is -0.531. The maximum Gasteiger partial charge on any atom is 0.294 e. The summed E-state index contributed by atoms with van der Waals surface area (Å²) in [5, 5.41) is 9.12. The lowest BCUT2D eigenvalue weighted by Crippen LogP contribution is -2.38. The summed E-state index contributed by atoms with van der Waals surface area (Å²) in [6, 6.07) is 7.27. The Balaban J connectivity index is 1.36. The van der Waals surface area contributed by atoms with Crippen molar-refractivity contribution in [2.75, 3.05) is 36.1 Å². The van der Waals surface area contributed by atoms with Gasteiger partial charge >= 0.3 is 0 Å². The molecule has 10 heteroatoms. The van der Waals surface area contributed by atoms with E-state index in [0.29, 0.717) is 33.8 Å². The highest BCUT2D eigenvalue weighted by molar-refractivity contribution is 6.30. The van der Waals surface area contributed by atoms with Gasteiger partial charge in [-0.05, 0) is 75.9 Å². The molecule has 3 N–H and O–H groups in total. The summed E-state index contributed by atoms with van der Waals surface area (Å²) in [5.41, 5.74) is 1.10. The topological polar surface area (TPSA) is 112 Å². The number of hydrogen-bond acceptors (Lipinski definition) is 7. The fourth-order valence-corrected chi connectivity index (χ4v) is 5.16. The number of anilines is 3. The molecular formula is C25H29ClN6O3. The predicted molar refractivity (Wildman–Crippen MR) is 136 cm³/mol. The zero-order chi connectivity index (χ0) is 24.4. The van der Waals surface area contributed by atoms with E-state index in [0.717, 1.165) is 25.7 Å². The zero-order valence-corrected chi connectivity index (χ0v) is 20.4. The Bertz CT molecular complexity index is 1210. The Labute approximate surface area is 208 Å². The SMILES string of the molecule is CNc1ccc2oc(C(=O)Nc3ccc(Cl)cn3)c(NC(=O)[C@H]3CC[C@H](N4CCCC4)CC3)c2n1. The van der Waals surface area contributed by atoms with E-state index in [2.05, 4.69) is 30.8 Å². The van der Waals surface area contributed by atoms with Crippen LogP contribution in [-0.4, -0.2) is 52.9 Å². The van der Waals surface area contributed by atoms with Crippen molar-refractivity contribution in [3.05, 3.63) is 41.2 Å². The van der Waals surface area contributed by atoms with Gasteiger partial charge in [-0.2, -0.15) is 0 Å². The molecule has 1 saturated heterocycles. The molecule has 35 heavy (non-hydrogen) atoms. The molecule has 1 aliphatic heterocycles. The second-order valence-electron chi connectivity index (χ2n) is 9.15. The van der Waals surface area contributed by atoms with Crippen molar-refractivity contribution in [2.45, 2.75) is 44.6 Å². The molecule has 5 rings (SSSR count). The zero-order valence-electron chi connectivity index (χ0n) is 19.6. The van der Waals surface area contributed by atoms with E-state index in [9.17, 15) is 9.59 Å². The number of pyridine rings is 2. The molecular weight excluding hydrogens is 468 g/mol. The molecule has 0 radical (unpaired) electrons. The summed E-state index contributed by atoms with van der Waals surface area (Å²) < 4.78 is 5.85. The van der Waals surface area contributed by atoms with Crippen molar-refractivity contribution in [3.8, 4) is 0 Å². The summed E-state index contributed by atoms with van der Waals surface area (Å²) in [4.78, 5) is 37.6. The number of likely N-dealkylation sites (tertiary alicyclic amines) is 1. The molecule has 1 aliphatic carbocycles. The number of carbonyl (C=O) groups is 2.